The molecule has 0 saturated carbocycles. The summed E-state index contributed by atoms with van der Waals surface area (Å²) in [5.74, 6) is 2.83. The van der Waals surface area contributed by atoms with Crippen LogP contribution in [-0.4, -0.2) is 71.0 Å². The third kappa shape index (κ3) is 7.59. The molecule has 1 aliphatic heterocycles. The molecule has 9 heteroatoms. The molecule has 0 unspecified atom stereocenters. The molecule has 0 atom stereocenters. The van der Waals surface area contributed by atoms with Crippen molar-refractivity contribution >= 4 is 23.3 Å². The van der Waals surface area contributed by atoms with Gasteiger partial charge in [-0.25, -0.2) is 9.37 Å². The maximum Gasteiger partial charge on any atom is 0.372 e. The van der Waals surface area contributed by atoms with Crippen LogP contribution in [0.3, 0.4) is 0 Å². The van der Waals surface area contributed by atoms with Crippen molar-refractivity contribution in [3.8, 4) is 28.7 Å². The monoisotopic (exact) mass is 651 g/mol. The van der Waals surface area contributed by atoms with Gasteiger partial charge in [0.15, 0.2) is 23.0 Å². The van der Waals surface area contributed by atoms with Gasteiger partial charge in [-0.3, -0.25) is 0 Å². The second-order valence-corrected chi connectivity index (χ2v) is 9.45. The van der Waals surface area contributed by atoms with E-state index in [-0.39, 0.29) is 29.5 Å². The highest BCUT2D eigenvalue weighted by molar-refractivity contribution is 6.34. The highest BCUT2D eigenvalue weighted by atomic mass is 79.9. The van der Waals surface area contributed by atoms with E-state index in [1.54, 1.807) is 41.4 Å². The molecule has 1 heterocycles. The van der Waals surface area contributed by atoms with Gasteiger partial charge in [0.25, 0.3) is 0 Å². The van der Waals surface area contributed by atoms with Crippen LogP contribution in [0.15, 0.2) is 67.3 Å². The molecule has 0 saturated heterocycles. The van der Waals surface area contributed by atoms with Crippen molar-refractivity contribution in [3.63, 3.8) is 0 Å². The lowest BCUT2D eigenvalue weighted by Gasteiger charge is -2.23. The predicted octanol–water partition coefficient (Wildman–Crippen LogP) is 2.45. The summed E-state index contributed by atoms with van der Waals surface area (Å²) >= 11 is 0. The number of rotatable bonds is 13. The Kier molecular flexibility index (Phi) is 12.3. The van der Waals surface area contributed by atoms with Gasteiger partial charge in [0, 0.05) is 12.0 Å². The maximum absolute atomic E-state index is 12.9. The SMILES string of the molecule is C=CCOc1ccccc1/C=C(\C1=[N+](CC(=O)OCC)CCc2cc(OC)c(OC)cc21)c1ccc(OC)c(OC)c1.[Br-]. The number of para-hydroxylation sites is 1. The van der Waals surface area contributed by atoms with Gasteiger partial charge in [-0.05, 0) is 54.5 Å². The second kappa shape index (κ2) is 15.8. The molecule has 8 nitrogen and oxygen atoms in total. The number of ether oxygens (including phenoxy) is 6. The zero-order valence-electron chi connectivity index (χ0n) is 25.3. The lowest BCUT2D eigenvalue weighted by Crippen LogP contribution is -3.00. The topological polar surface area (TPSA) is 75.5 Å². The Balaban J connectivity index is 0.00000506. The number of methoxy groups -OCH3 is 4. The Morgan fingerprint density at radius 1 is 0.884 bits per heavy atom. The largest absolute Gasteiger partial charge is 1.00 e. The number of fused-ring (bicyclic) bond motifs is 1. The summed E-state index contributed by atoms with van der Waals surface area (Å²) in [6.07, 6.45) is 4.48. The van der Waals surface area contributed by atoms with Gasteiger partial charge in [-0.15, -0.1) is 0 Å². The second-order valence-electron chi connectivity index (χ2n) is 9.45. The molecular formula is C34H38BrNO7. The minimum absolute atomic E-state index is 0. The summed E-state index contributed by atoms with van der Waals surface area (Å²) in [5, 5.41) is 0. The molecular weight excluding hydrogens is 614 g/mol. The molecule has 0 aliphatic carbocycles. The van der Waals surface area contributed by atoms with E-state index < -0.39 is 0 Å². The third-order valence-electron chi connectivity index (χ3n) is 6.98. The molecule has 228 valence electrons. The first-order chi connectivity index (χ1) is 20.5. The fourth-order valence-electron chi connectivity index (χ4n) is 5.05. The van der Waals surface area contributed by atoms with Crippen LogP contribution in [0, 0.1) is 0 Å². The molecule has 3 aromatic rings. The number of benzene rings is 3. The number of halogens is 1. The van der Waals surface area contributed by atoms with E-state index in [1.165, 1.54) is 0 Å². The summed E-state index contributed by atoms with van der Waals surface area (Å²) in [6.45, 7) is 6.93. The van der Waals surface area contributed by atoms with Gasteiger partial charge < -0.3 is 45.4 Å². The van der Waals surface area contributed by atoms with Crippen LogP contribution in [0.4, 0.5) is 0 Å². The fourth-order valence-corrected chi connectivity index (χ4v) is 5.05. The van der Waals surface area contributed by atoms with E-state index in [9.17, 15) is 4.79 Å². The van der Waals surface area contributed by atoms with Gasteiger partial charge in [-0.1, -0.05) is 36.9 Å². The van der Waals surface area contributed by atoms with E-state index in [4.69, 9.17) is 28.4 Å². The van der Waals surface area contributed by atoms with E-state index >= 15 is 0 Å². The summed E-state index contributed by atoms with van der Waals surface area (Å²) in [5.41, 5.74) is 5.41. The Hall–Kier alpha value is -4.24. The van der Waals surface area contributed by atoms with Gasteiger partial charge in [-0.2, -0.15) is 0 Å². The van der Waals surface area contributed by atoms with E-state index in [2.05, 4.69) is 17.2 Å². The van der Waals surface area contributed by atoms with Gasteiger partial charge in [0.05, 0.1) is 46.2 Å². The molecule has 0 N–H and O–H groups in total. The summed E-state index contributed by atoms with van der Waals surface area (Å²) < 4.78 is 36.0. The van der Waals surface area contributed by atoms with E-state index in [1.807, 2.05) is 54.6 Å². The Morgan fingerprint density at radius 3 is 2.23 bits per heavy atom. The number of allylic oxidation sites excluding steroid dienone is 1. The highest BCUT2D eigenvalue weighted by Gasteiger charge is 2.33. The van der Waals surface area contributed by atoms with Gasteiger partial charge in [0.1, 0.15) is 18.9 Å². The Labute approximate surface area is 263 Å². The number of hydrogen-bond acceptors (Lipinski definition) is 7. The molecule has 0 aromatic heterocycles. The molecule has 1 aliphatic rings. The zero-order valence-corrected chi connectivity index (χ0v) is 26.9. The quantitative estimate of drug-likeness (QED) is 0.122. The molecule has 0 amide bonds. The average Bonchev–Trinajstić information content (AvgIpc) is 3.02. The molecule has 4 rings (SSSR count). The number of nitrogens with zero attached hydrogens (tertiary/aromatic N) is 1. The molecule has 43 heavy (non-hydrogen) atoms. The van der Waals surface area contributed by atoms with Crippen LogP contribution in [0.5, 0.6) is 28.7 Å². The first-order valence-corrected chi connectivity index (χ1v) is 13.8. The van der Waals surface area contributed by atoms with Crippen molar-refractivity contribution < 1.29 is 54.8 Å². The van der Waals surface area contributed by atoms with Crippen molar-refractivity contribution in [2.45, 2.75) is 13.3 Å². The van der Waals surface area contributed by atoms with Crippen molar-refractivity contribution in [2.24, 2.45) is 0 Å². The zero-order chi connectivity index (χ0) is 30.1. The number of carbonyl (C=O) groups excluding carboxylic acids is 1. The number of esters is 1. The third-order valence-corrected chi connectivity index (χ3v) is 6.98. The molecule has 0 bridgehead atoms. The van der Waals surface area contributed by atoms with Gasteiger partial charge in [0.2, 0.25) is 12.3 Å². The van der Waals surface area contributed by atoms with E-state index in [0.29, 0.717) is 54.9 Å². The minimum Gasteiger partial charge on any atom is -1.00 e. The van der Waals surface area contributed by atoms with Crippen LogP contribution in [0.25, 0.3) is 11.6 Å². The van der Waals surface area contributed by atoms with Crippen molar-refractivity contribution in [2.75, 3.05) is 54.7 Å². The summed E-state index contributed by atoms with van der Waals surface area (Å²) in [7, 11) is 6.45. The van der Waals surface area contributed by atoms with Crippen LogP contribution < -0.4 is 40.7 Å². The van der Waals surface area contributed by atoms with Crippen molar-refractivity contribution in [1.82, 2.24) is 0 Å². The van der Waals surface area contributed by atoms with E-state index in [0.717, 1.165) is 33.5 Å². The van der Waals surface area contributed by atoms with Crippen LogP contribution >= 0.6 is 0 Å². The molecule has 0 fully saturated rings. The summed E-state index contributed by atoms with van der Waals surface area (Å²) in [4.78, 5) is 12.9. The highest BCUT2D eigenvalue weighted by Crippen LogP contribution is 2.38. The number of hydrogen-bond donors (Lipinski definition) is 0. The standard InChI is InChI=1S/C34H38NO7.BrH/c1-7-17-42-28-12-10-9-11-25(28)18-26(23-13-14-29(37-3)30(19-23)38-4)34-27-21-32(40-6)31(39-5)20-24(27)15-16-35(34)22-33(36)41-8-2;/h7,9-14,18-21H,1,8,15-17,22H2,2-6H3;1H/q+1;/p-1/b26-18-;. The van der Waals surface area contributed by atoms with Crippen LogP contribution in [0.2, 0.25) is 0 Å². The van der Waals surface area contributed by atoms with Crippen LogP contribution in [0.1, 0.15) is 29.2 Å². The molecule has 3 aromatic carbocycles. The number of carbonyl (C=O) groups is 1. The first-order valence-electron chi connectivity index (χ1n) is 13.8. The predicted molar refractivity (Wildman–Crippen MR) is 164 cm³/mol. The summed E-state index contributed by atoms with van der Waals surface area (Å²) in [6, 6.07) is 17.6. The van der Waals surface area contributed by atoms with Crippen molar-refractivity contribution in [3.05, 3.63) is 89.5 Å². The van der Waals surface area contributed by atoms with Crippen LogP contribution in [-0.2, 0) is 16.0 Å². The smallest absolute Gasteiger partial charge is 0.372 e. The lowest BCUT2D eigenvalue weighted by atomic mass is 9.87. The van der Waals surface area contributed by atoms with Gasteiger partial charge >= 0.3 is 5.97 Å². The Morgan fingerprint density at radius 2 is 1.56 bits per heavy atom. The maximum atomic E-state index is 12.9. The average molecular weight is 653 g/mol. The normalized spacial score (nSPS) is 12.4. The lowest BCUT2D eigenvalue weighted by molar-refractivity contribution is -0.518. The molecule has 0 spiro atoms. The molecule has 0 radical (unpaired) electrons. The van der Waals surface area contributed by atoms with Crippen molar-refractivity contribution in [1.29, 1.82) is 0 Å². The first kappa shape index (κ1) is 33.3. The minimum atomic E-state index is -0.305. The Bertz CT molecular complexity index is 1510. The fraction of sp³-hybridized carbons (Fsp3) is 0.294.